The molecule has 0 aliphatic rings. The molecule has 0 saturated carbocycles. The molecule has 5 heteroatoms. The molecule has 0 saturated heterocycles. The van der Waals surface area contributed by atoms with Crippen molar-refractivity contribution in [2.75, 3.05) is 12.4 Å². The topological polar surface area (TPSA) is 43.4 Å². The number of rotatable bonds is 23. The van der Waals surface area contributed by atoms with Crippen molar-refractivity contribution in [1.82, 2.24) is 0 Å². The van der Waals surface area contributed by atoms with Crippen LogP contribution in [0.5, 0.6) is 0 Å². The average molecular weight is 443 g/mol. The maximum absolute atomic E-state index is 11.9. The Kier molecular flexibility index (Phi) is 27.9. The first-order valence-corrected chi connectivity index (χ1v) is 14.1. The van der Waals surface area contributed by atoms with E-state index in [-0.39, 0.29) is 36.7 Å². The van der Waals surface area contributed by atoms with Crippen LogP contribution in [0.15, 0.2) is 0 Å². The van der Waals surface area contributed by atoms with Crippen molar-refractivity contribution in [3.63, 3.8) is 0 Å². The van der Waals surface area contributed by atoms with Crippen molar-refractivity contribution in [2.24, 2.45) is 0 Å². The molecule has 0 bridgehead atoms. The molecule has 0 heterocycles. The standard InChI is InChI=1S/C24H50O3S.Na.H/c1-3-5-7-9-11-13-15-17-19-21-23-27-28(25,26)24-22-20-18-16-14-12-10-8-6-4-2;;/h3-24H2,1-2H3;;/q;+1;-1. The maximum Gasteiger partial charge on any atom is 1.00 e. The predicted molar refractivity (Wildman–Crippen MR) is 125 cm³/mol. The van der Waals surface area contributed by atoms with E-state index < -0.39 is 10.1 Å². The van der Waals surface area contributed by atoms with Crippen LogP contribution in [-0.2, 0) is 14.3 Å². The van der Waals surface area contributed by atoms with Gasteiger partial charge in [-0.2, -0.15) is 8.42 Å². The summed E-state index contributed by atoms with van der Waals surface area (Å²) in [7, 11) is -3.30. The SMILES string of the molecule is CCCCCCCCCCCCOS(=O)(=O)CCCCCCCCCCCC.[H-].[Na+]. The number of hydrogen-bond acceptors (Lipinski definition) is 3. The summed E-state index contributed by atoms with van der Waals surface area (Å²) in [4.78, 5) is 0. The molecule has 0 aliphatic carbocycles. The summed E-state index contributed by atoms with van der Waals surface area (Å²) in [5, 5.41) is 0. The van der Waals surface area contributed by atoms with Gasteiger partial charge in [-0.1, -0.05) is 129 Å². The van der Waals surface area contributed by atoms with Gasteiger partial charge in [-0.25, -0.2) is 0 Å². The van der Waals surface area contributed by atoms with Gasteiger partial charge >= 0.3 is 29.6 Å². The molecule has 0 fully saturated rings. The molecule has 0 aromatic heterocycles. The summed E-state index contributed by atoms with van der Waals surface area (Å²) in [6.45, 7) is 4.87. The first-order valence-electron chi connectivity index (χ1n) is 12.5. The van der Waals surface area contributed by atoms with E-state index in [1.54, 1.807) is 0 Å². The molecule has 172 valence electrons. The number of hydrogen-bond donors (Lipinski definition) is 0. The molecule has 0 atom stereocenters. The fourth-order valence-corrected chi connectivity index (χ4v) is 4.65. The van der Waals surface area contributed by atoms with Gasteiger partial charge in [-0.3, -0.25) is 4.18 Å². The van der Waals surface area contributed by atoms with Crippen molar-refractivity contribution < 1.29 is 43.6 Å². The largest absolute Gasteiger partial charge is 1.00 e. The minimum Gasteiger partial charge on any atom is -1.00 e. The second-order valence-corrected chi connectivity index (χ2v) is 10.2. The molecule has 0 aromatic carbocycles. The number of unbranched alkanes of at least 4 members (excludes halogenated alkanes) is 18. The summed E-state index contributed by atoms with van der Waals surface area (Å²) in [5.74, 6) is 0.196. The zero-order valence-corrected chi connectivity index (χ0v) is 23.0. The van der Waals surface area contributed by atoms with Crippen molar-refractivity contribution in [2.45, 2.75) is 142 Å². The van der Waals surface area contributed by atoms with Crippen molar-refractivity contribution in [3.05, 3.63) is 0 Å². The summed E-state index contributed by atoms with van der Waals surface area (Å²) in [5.41, 5.74) is 0. The van der Waals surface area contributed by atoms with Crippen molar-refractivity contribution >= 4 is 10.1 Å². The first-order chi connectivity index (χ1) is 13.6. The summed E-state index contributed by atoms with van der Waals surface area (Å²) < 4.78 is 29.0. The van der Waals surface area contributed by atoms with E-state index in [2.05, 4.69) is 13.8 Å². The van der Waals surface area contributed by atoms with E-state index in [0.29, 0.717) is 6.61 Å². The van der Waals surface area contributed by atoms with E-state index in [1.165, 1.54) is 96.3 Å². The van der Waals surface area contributed by atoms with Crippen molar-refractivity contribution in [3.8, 4) is 0 Å². The van der Waals surface area contributed by atoms with E-state index in [1.807, 2.05) is 0 Å². The zero-order valence-electron chi connectivity index (χ0n) is 21.2. The molecule has 0 rings (SSSR count). The Labute approximate surface area is 207 Å². The van der Waals surface area contributed by atoms with Gasteiger partial charge < -0.3 is 1.43 Å². The molecule has 29 heavy (non-hydrogen) atoms. The fourth-order valence-electron chi connectivity index (χ4n) is 3.60. The van der Waals surface area contributed by atoms with Gasteiger partial charge in [0.05, 0.1) is 12.4 Å². The Hall–Kier alpha value is 0.910. The van der Waals surface area contributed by atoms with Crippen LogP contribution in [-0.4, -0.2) is 20.8 Å². The van der Waals surface area contributed by atoms with Crippen LogP contribution in [0.1, 0.15) is 144 Å². The Bertz CT molecular complexity index is 405. The van der Waals surface area contributed by atoms with E-state index in [4.69, 9.17) is 4.18 Å². The summed E-state index contributed by atoms with van der Waals surface area (Å²) in [6, 6.07) is 0. The molecule has 0 unspecified atom stereocenters. The van der Waals surface area contributed by atoms with Gasteiger partial charge in [0.25, 0.3) is 10.1 Å². The molecule has 0 aromatic rings. The molecule has 0 aliphatic heterocycles. The van der Waals surface area contributed by atoms with Gasteiger partial charge in [-0.15, -0.1) is 0 Å². The van der Waals surface area contributed by atoms with E-state index in [0.717, 1.165) is 32.1 Å². The quantitative estimate of drug-likeness (QED) is 0.123. The summed E-state index contributed by atoms with van der Waals surface area (Å²) in [6.07, 6.45) is 24.7. The Morgan fingerprint density at radius 2 is 0.828 bits per heavy atom. The molecule has 0 N–H and O–H groups in total. The molecule has 0 radical (unpaired) electrons. The molecule has 3 nitrogen and oxygen atoms in total. The van der Waals surface area contributed by atoms with Crippen LogP contribution in [0.4, 0.5) is 0 Å². The molecular weight excluding hydrogens is 391 g/mol. The van der Waals surface area contributed by atoms with Crippen LogP contribution in [0.3, 0.4) is 0 Å². The Morgan fingerprint density at radius 1 is 0.517 bits per heavy atom. The average Bonchev–Trinajstić information content (AvgIpc) is 2.67. The van der Waals surface area contributed by atoms with Crippen molar-refractivity contribution in [1.29, 1.82) is 0 Å². The maximum atomic E-state index is 11.9. The predicted octanol–water partition coefficient (Wildman–Crippen LogP) is 5.29. The molecule has 0 spiro atoms. The van der Waals surface area contributed by atoms with Crippen LogP contribution >= 0.6 is 0 Å². The molecule has 0 amide bonds. The minimum absolute atomic E-state index is 0. The monoisotopic (exact) mass is 442 g/mol. The first kappa shape index (κ1) is 32.1. The third-order valence-electron chi connectivity index (χ3n) is 5.51. The second-order valence-electron chi connectivity index (χ2n) is 8.45. The minimum atomic E-state index is -3.30. The third kappa shape index (κ3) is 26.9. The van der Waals surface area contributed by atoms with Gasteiger partial charge in [-0.05, 0) is 12.8 Å². The van der Waals surface area contributed by atoms with Crippen LogP contribution in [0.2, 0.25) is 0 Å². The zero-order chi connectivity index (χ0) is 20.8. The summed E-state index contributed by atoms with van der Waals surface area (Å²) >= 11 is 0. The van der Waals surface area contributed by atoms with Crippen LogP contribution in [0, 0.1) is 0 Å². The fraction of sp³-hybridized carbons (Fsp3) is 1.00. The smallest absolute Gasteiger partial charge is 1.00 e. The van der Waals surface area contributed by atoms with E-state index in [9.17, 15) is 8.42 Å². The normalized spacial score (nSPS) is 11.5. The Balaban J connectivity index is -0.00000364. The van der Waals surface area contributed by atoms with Crippen LogP contribution < -0.4 is 29.6 Å². The third-order valence-corrected chi connectivity index (χ3v) is 6.82. The van der Waals surface area contributed by atoms with Crippen LogP contribution in [0.25, 0.3) is 0 Å². The van der Waals surface area contributed by atoms with Gasteiger partial charge in [0.2, 0.25) is 0 Å². The van der Waals surface area contributed by atoms with Gasteiger partial charge in [0.15, 0.2) is 0 Å². The van der Waals surface area contributed by atoms with Gasteiger partial charge in [0.1, 0.15) is 0 Å². The molecular formula is C24H51NaO3S. The van der Waals surface area contributed by atoms with Gasteiger partial charge in [0, 0.05) is 0 Å². The second kappa shape index (κ2) is 25.2. The Morgan fingerprint density at radius 3 is 1.21 bits per heavy atom. The van der Waals surface area contributed by atoms with E-state index >= 15 is 0 Å².